The van der Waals surface area contributed by atoms with Crippen LogP contribution in [0.1, 0.15) is 37.6 Å². The number of hydrogen-bond donors (Lipinski definition) is 1. The molecule has 0 spiro atoms. The Morgan fingerprint density at radius 3 is 2.72 bits per heavy atom. The fourth-order valence-corrected chi connectivity index (χ4v) is 3.17. The molecular formula is C20H32N2O3. The van der Waals surface area contributed by atoms with Crippen LogP contribution in [0.4, 0.5) is 0 Å². The fourth-order valence-electron chi connectivity index (χ4n) is 3.17. The van der Waals surface area contributed by atoms with E-state index < -0.39 is 0 Å². The van der Waals surface area contributed by atoms with Gasteiger partial charge in [-0.25, -0.2) is 0 Å². The molecule has 1 aromatic carbocycles. The third-order valence-electron chi connectivity index (χ3n) is 4.48. The minimum absolute atomic E-state index is 0.00998. The van der Waals surface area contributed by atoms with Crippen LogP contribution in [0.15, 0.2) is 30.3 Å². The number of morpholine rings is 1. The number of rotatable bonds is 8. The predicted octanol–water partition coefficient (Wildman–Crippen LogP) is 2.26. The van der Waals surface area contributed by atoms with Crippen molar-refractivity contribution in [3.63, 3.8) is 0 Å². The van der Waals surface area contributed by atoms with E-state index in [2.05, 4.69) is 18.7 Å². The highest BCUT2D eigenvalue weighted by atomic mass is 16.5. The lowest BCUT2D eigenvalue weighted by Crippen LogP contribution is -2.50. The SMILES string of the molecule is CC[C@@H](O)CN1CCO[C@@H](CN(CC(C)C)C(=O)c2ccccc2)C1. The van der Waals surface area contributed by atoms with E-state index in [0.717, 1.165) is 25.1 Å². The van der Waals surface area contributed by atoms with E-state index in [4.69, 9.17) is 4.74 Å². The van der Waals surface area contributed by atoms with E-state index in [1.165, 1.54) is 0 Å². The number of carbonyl (C=O) groups is 1. The molecule has 2 rings (SSSR count). The highest BCUT2D eigenvalue weighted by molar-refractivity contribution is 5.94. The van der Waals surface area contributed by atoms with E-state index in [-0.39, 0.29) is 18.1 Å². The fraction of sp³-hybridized carbons (Fsp3) is 0.650. The molecule has 0 radical (unpaired) electrons. The molecule has 5 heteroatoms. The molecule has 5 nitrogen and oxygen atoms in total. The number of ether oxygens (including phenoxy) is 1. The molecule has 1 aromatic rings. The van der Waals surface area contributed by atoms with E-state index in [9.17, 15) is 9.90 Å². The Bertz CT molecular complexity index is 521. The molecule has 25 heavy (non-hydrogen) atoms. The molecule has 1 heterocycles. The van der Waals surface area contributed by atoms with Gasteiger partial charge in [-0.15, -0.1) is 0 Å². The van der Waals surface area contributed by atoms with Gasteiger partial charge in [0.15, 0.2) is 0 Å². The molecule has 0 aromatic heterocycles. The first-order valence-electron chi connectivity index (χ1n) is 9.36. The zero-order chi connectivity index (χ0) is 18.2. The van der Waals surface area contributed by atoms with Gasteiger partial charge < -0.3 is 14.7 Å². The quantitative estimate of drug-likeness (QED) is 0.783. The average molecular weight is 348 g/mol. The predicted molar refractivity (Wildman–Crippen MR) is 99.7 cm³/mol. The van der Waals surface area contributed by atoms with Gasteiger partial charge >= 0.3 is 0 Å². The maximum absolute atomic E-state index is 12.9. The lowest BCUT2D eigenvalue weighted by Gasteiger charge is -2.37. The number of aliphatic hydroxyl groups excluding tert-OH is 1. The minimum Gasteiger partial charge on any atom is -0.392 e. The van der Waals surface area contributed by atoms with Gasteiger partial charge in [0.2, 0.25) is 0 Å². The summed E-state index contributed by atoms with van der Waals surface area (Å²) in [6.07, 6.45) is 0.453. The van der Waals surface area contributed by atoms with Crippen molar-refractivity contribution in [2.75, 3.05) is 39.3 Å². The summed E-state index contributed by atoms with van der Waals surface area (Å²) in [6.45, 7) is 10.5. The van der Waals surface area contributed by atoms with Crippen LogP contribution in [0.25, 0.3) is 0 Å². The maximum atomic E-state index is 12.9. The van der Waals surface area contributed by atoms with E-state index >= 15 is 0 Å². The summed E-state index contributed by atoms with van der Waals surface area (Å²) in [5, 5.41) is 9.89. The molecule has 0 unspecified atom stereocenters. The average Bonchev–Trinajstić information content (AvgIpc) is 2.61. The molecule has 1 amide bonds. The second-order valence-corrected chi connectivity index (χ2v) is 7.28. The summed E-state index contributed by atoms with van der Waals surface area (Å²) in [6, 6.07) is 9.44. The molecule has 140 valence electrons. The van der Waals surface area contributed by atoms with Crippen LogP contribution in [0, 0.1) is 5.92 Å². The smallest absolute Gasteiger partial charge is 0.253 e. The van der Waals surface area contributed by atoms with Gasteiger partial charge in [0.25, 0.3) is 5.91 Å². The Morgan fingerprint density at radius 2 is 2.08 bits per heavy atom. The lowest BCUT2D eigenvalue weighted by atomic mass is 10.1. The number of hydrogen-bond acceptors (Lipinski definition) is 4. The van der Waals surface area contributed by atoms with Crippen LogP contribution in [0.5, 0.6) is 0 Å². The third-order valence-corrected chi connectivity index (χ3v) is 4.48. The van der Waals surface area contributed by atoms with Gasteiger partial charge in [0.05, 0.1) is 18.8 Å². The number of benzene rings is 1. The number of carbonyl (C=O) groups excluding carboxylic acids is 1. The van der Waals surface area contributed by atoms with Crippen LogP contribution in [0.3, 0.4) is 0 Å². The minimum atomic E-state index is -0.295. The Morgan fingerprint density at radius 1 is 1.36 bits per heavy atom. The highest BCUT2D eigenvalue weighted by Gasteiger charge is 2.26. The van der Waals surface area contributed by atoms with Crippen molar-refractivity contribution >= 4 is 5.91 Å². The molecule has 1 aliphatic heterocycles. The number of nitrogens with zero attached hydrogens (tertiary/aromatic N) is 2. The van der Waals surface area contributed by atoms with Crippen molar-refractivity contribution in [2.45, 2.75) is 39.4 Å². The van der Waals surface area contributed by atoms with Crippen LogP contribution < -0.4 is 0 Å². The Hall–Kier alpha value is -1.43. The monoisotopic (exact) mass is 348 g/mol. The van der Waals surface area contributed by atoms with E-state index in [1.807, 2.05) is 42.2 Å². The molecular weight excluding hydrogens is 316 g/mol. The zero-order valence-electron chi connectivity index (χ0n) is 15.7. The molecule has 0 bridgehead atoms. The normalized spacial score (nSPS) is 19.8. The first kappa shape index (κ1) is 19.9. The zero-order valence-corrected chi connectivity index (χ0v) is 15.7. The topological polar surface area (TPSA) is 53.0 Å². The molecule has 0 saturated carbocycles. The second-order valence-electron chi connectivity index (χ2n) is 7.28. The van der Waals surface area contributed by atoms with Crippen molar-refractivity contribution < 1.29 is 14.6 Å². The lowest BCUT2D eigenvalue weighted by molar-refractivity contribution is -0.0513. The third kappa shape index (κ3) is 6.42. The van der Waals surface area contributed by atoms with Crippen molar-refractivity contribution in [1.29, 1.82) is 0 Å². The van der Waals surface area contributed by atoms with Gasteiger partial charge in [-0.1, -0.05) is 39.0 Å². The molecule has 2 atom stereocenters. The van der Waals surface area contributed by atoms with Gasteiger partial charge in [-0.05, 0) is 24.5 Å². The van der Waals surface area contributed by atoms with Crippen LogP contribution in [0.2, 0.25) is 0 Å². The summed E-state index contributed by atoms with van der Waals surface area (Å²) in [7, 11) is 0. The molecule has 0 aliphatic carbocycles. The first-order valence-corrected chi connectivity index (χ1v) is 9.36. The highest BCUT2D eigenvalue weighted by Crippen LogP contribution is 2.13. The van der Waals surface area contributed by atoms with Crippen molar-refractivity contribution in [2.24, 2.45) is 5.92 Å². The van der Waals surface area contributed by atoms with Gasteiger partial charge in [0, 0.05) is 38.3 Å². The standard InChI is InChI=1S/C20H32N2O3/c1-4-18(23)13-21-10-11-25-19(14-21)15-22(12-16(2)3)20(24)17-8-6-5-7-9-17/h5-9,16,18-19,23H,4,10-15H2,1-3H3/t18-,19-/m1/s1. The summed E-state index contributed by atoms with van der Waals surface area (Å²) in [5.74, 6) is 0.456. The first-order chi connectivity index (χ1) is 12.0. The number of β-amino-alcohol motifs (C(OH)–C–C–N with tert-alkyl or cyclic N) is 1. The molecule has 1 N–H and O–H groups in total. The summed E-state index contributed by atoms with van der Waals surface area (Å²) in [4.78, 5) is 17.0. The van der Waals surface area contributed by atoms with Crippen molar-refractivity contribution in [3.8, 4) is 0 Å². The van der Waals surface area contributed by atoms with Crippen LogP contribution >= 0.6 is 0 Å². The molecule has 1 fully saturated rings. The van der Waals surface area contributed by atoms with E-state index in [0.29, 0.717) is 32.2 Å². The van der Waals surface area contributed by atoms with Crippen molar-refractivity contribution in [3.05, 3.63) is 35.9 Å². The number of aliphatic hydroxyl groups is 1. The maximum Gasteiger partial charge on any atom is 0.253 e. The van der Waals surface area contributed by atoms with Crippen LogP contribution in [-0.2, 0) is 4.74 Å². The summed E-state index contributed by atoms with van der Waals surface area (Å²) >= 11 is 0. The second kappa shape index (κ2) is 9.90. The Labute approximate surface area is 151 Å². The van der Waals surface area contributed by atoms with Crippen molar-refractivity contribution in [1.82, 2.24) is 9.80 Å². The number of amides is 1. The Kier molecular flexibility index (Phi) is 7.88. The van der Waals surface area contributed by atoms with Gasteiger partial charge in [-0.3, -0.25) is 9.69 Å². The molecule has 1 saturated heterocycles. The van der Waals surface area contributed by atoms with Gasteiger partial charge in [-0.2, -0.15) is 0 Å². The largest absolute Gasteiger partial charge is 0.392 e. The summed E-state index contributed by atoms with van der Waals surface area (Å²) in [5.41, 5.74) is 0.720. The summed E-state index contributed by atoms with van der Waals surface area (Å²) < 4.78 is 5.90. The van der Waals surface area contributed by atoms with E-state index in [1.54, 1.807) is 0 Å². The van der Waals surface area contributed by atoms with Gasteiger partial charge in [0.1, 0.15) is 0 Å². The molecule has 1 aliphatic rings. The Balaban J connectivity index is 2.00. The van der Waals surface area contributed by atoms with Crippen LogP contribution in [-0.4, -0.2) is 72.4 Å².